The van der Waals surface area contributed by atoms with E-state index in [0.717, 1.165) is 47.4 Å². The number of piperazine rings is 1. The molecule has 1 aliphatic heterocycles. The Balaban J connectivity index is 1.20. The molecular weight excluding hydrogens is 362 g/mol. The quantitative estimate of drug-likeness (QED) is 0.583. The summed E-state index contributed by atoms with van der Waals surface area (Å²) in [6.07, 6.45) is 4.09. The van der Waals surface area contributed by atoms with Gasteiger partial charge in [-0.15, -0.1) is 0 Å². The van der Waals surface area contributed by atoms with Gasteiger partial charge in [-0.2, -0.15) is 0 Å². The molecular formula is C23H23N5O. The Morgan fingerprint density at radius 3 is 2.59 bits per heavy atom. The van der Waals surface area contributed by atoms with Gasteiger partial charge in [0, 0.05) is 50.5 Å². The van der Waals surface area contributed by atoms with E-state index < -0.39 is 0 Å². The first kappa shape index (κ1) is 17.7. The molecule has 1 saturated heterocycles. The van der Waals surface area contributed by atoms with E-state index in [0.29, 0.717) is 13.1 Å². The van der Waals surface area contributed by atoms with E-state index in [2.05, 4.69) is 33.5 Å². The number of aromatic nitrogens is 2. The zero-order valence-corrected chi connectivity index (χ0v) is 16.2. The maximum Gasteiger partial charge on any atom is 0.321 e. The van der Waals surface area contributed by atoms with Gasteiger partial charge < -0.3 is 14.6 Å². The molecule has 1 N–H and O–H groups in total. The number of pyridine rings is 1. The van der Waals surface area contributed by atoms with Crippen molar-refractivity contribution in [3.63, 3.8) is 0 Å². The van der Waals surface area contributed by atoms with Crippen molar-refractivity contribution in [3.05, 3.63) is 78.8 Å². The van der Waals surface area contributed by atoms with Gasteiger partial charge in [0.05, 0.1) is 11.4 Å². The molecule has 29 heavy (non-hydrogen) atoms. The minimum atomic E-state index is -0.0336. The second kappa shape index (κ2) is 7.56. The Bertz CT molecular complexity index is 1120. The van der Waals surface area contributed by atoms with E-state index >= 15 is 0 Å². The minimum absolute atomic E-state index is 0.0336. The SMILES string of the molecule is O=C(Nc1cccc2ccccc12)N1CCN(Cc2cn3ccccc3n2)CC1. The molecule has 0 atom stereocenters. The molecule has 146 valence electrons. The molecule has 6 heteroatoms. The molecule has 2 amide bonds. The second-order valence-electron chi connectivity index (χ2n) is 7.42. The maximum atomic E-state index is 12.8. The number of anilines is 1. The summed E-state index contributed by atoms with van der Waals surface area (Å²) in [6, 6.07) is 20.1. The van der Waals surface area contributed by atoms with Crippen molar-refractivity contribution in [1.29, 1.82) is 0 Å². The van der Waals surface area contributed by atoms with E-state index in [1.165, 1.54) is 0 Å². The third-order valence-electron chi connectivity index (χ3n) is 5.49. The van der Waals surface area contributed by atoms with E-state index in [9.17, 15) is 4.79 Å². The van der Waals surface area contributed by atoms with Crippen LogP contribution in [0.5, 0.6) is 0 Å². The average molecular weight is 385 g/mol. The van der Waals surface area contributed by atoms with Crippen LogP contribution in [0.4, 0.5) is 10.5 Å². The molecule has 0 bridgehead atoms. The zero-order chi connectivity index (χ0) is 19.6. The molecule has 0 unspecified atom stereocenters. The lowest BCUT2D eigenvalue weighted by Gasteiger charge is -2.34. The number of hydrogen-bond donors (Lipinski definition) is 1. The van der Waals surface area contributed by atoms with Gasteiger partial charge in [-0.3, -0.25) is 4.90 Å². The van der Waals surface area contributed by atoms with Crippen LogP contribution >= 0.6 is 0 Å². The highest BCUT2D eigenvalue weighted by atomic mass is 16.2. The second-order valence-corrected chi connectivity index (χ2v) is 7.42. The zero-order valence-electron chi connectivity index (χ0n) is 16.2. The molecule has 3 heterocycles. The first-order valence-corrected chi connectivity index (χ1v) is 9.95. The highest BCUT2D eigenvalue weighted by molar-refractivity contribution is 6.01. The molecule has 0 saturated carbocycles. The van der Waals surface area contributed by atoms with Crippen LogP contribution in [0.15, 0.2) is 73.1 Å². The van der Waals surface area contributed by atoms with Gasteiger partial charge in [-0.25, -0.2) is 9.78 Å². The first-order valence-electron chi connectivity index (χ1n) is 9.95. The number of imidazole rings is 1. The van der Waals surface area contributed by atoms with Crippen LogP contribution in [0.2, 0.25) is 0 Å². The number of fused-ring (bicyclic) bond motifs is 2. The third-order valence-corrected chi connectivity index (χ3v) is 5.49. The van der Waals surface area contributed by atoms with E-state index in [1.54, 1.807) is 0 Å². The van der Waals surface area contributed by atoms with Gasteiger partial charge >= 0.3 is 6.03 Å². The molecule has 4 aromatic rings. The predicted octanol–water partition coefficient (Wildman–Crippen LogP) is 3.84. The van der Waals surface area contributed by atoms with Gasteiger partial charge in [-0.1, -0.05) is 42.5 Å². The van der Waals surface area contributed by atoms with Crippen molar-refractivity contribution in [1.82, 2.24) is 19.2 Å². The molecule has 6 nitrogen and oxygen atoms in total. The standard InChI is InChI=1S/C23H23N5O/c29-23(25-21-9-5-7-18-6-1-2-8-20(18)21)27-14-12-26(13-15-27)16-19-17-28-11-4-3-10-22(28)24-19/h1-11,17H,12-16H2,(H,25,29). The Labute approximate surface area is 169 Å². The Kier molecular flexibility index (Phi) is 4.62. The lowest BCUT2D eigenvalue weighted by Crippen LogP contribution is -2.49. The highest BCUT2D eigenvalue weighted by Gasteiger charge is 2.22. The number of nitrogens with one attached hydrogen (secondary N) is 1. The number of hydrogen-bond acceptors (Lipinski definition) is 3. The summed E-state index contributed by atoms with van der Waals surface area (Å²) < 4.78 is 2.04. The largest absolute Gasteiger partial charge is 0.322 e. The van der Waals surface area contributed by atoms with Crippen LogP contribution in [-0.2, 0) is 6.54 Å². The van der Waals surface area contributed by atoms with Gasteiger partial charge in [0.1, 0.15) is 5.65 Å². The van der Waals surface area contributed by atoms with Crippen LogP contribution in [0.1, 0.15) is 5.69 Å². The van der Waals surface area contributed by atoms with Gasteiger partial charge in [-0.05, 0) is 23.6 Å². The number of carbonyl (C=O) groups is 1. The molecule has 5 rings (SSSR count). The Morgan fingerprint density at radius 1 is 0.931 bits per heavy atom. The summed E-state index contributed by atoms with van der Waals surface area (Å²) in [7, 11) is 0. The smallest absolute Gasteiger partial charge is 0.321 e. The van der Waals surface area contributed by atoms with Crippen molar-refractivity contribution < 1.29 is 4.79 Å². The number of rotatable bonds is 3. The Morgan fingerprint density at radius 2 is 1.72 bits per heavy atom. The average Bonchev–Trinajstić information content (AvgIpc) is 3.17. The number of nitrogens with zero attached hydrogens (tertiary/aromatic N) is 4. The molecule has 0 aliphatic carbocycles. The maximum absolute atomic E-state index is 12.8. The van der Waals surface area contributed by atoms with Crippen LogP contribution in [0.3, 0.4) is 0 Å². The molecule has 1 aliphatic rings. The summed E-state index contributed by atoms with van der Waals surface area (Å²) in [5.41, 5.74) is 2.89. The van der Waals surface area contributed by atoms with Crippen LogP contribution in [0.25, 0.3) is 16.4 Å². The summed E-state index contributed by atoms with van der Waals surface area (Å²) in [5.74, 6) is 0. The lowest BCUT2D eigenvalue weighted by atomic mass is 10.1. The van der Waals surface area contributed by atoms with E-state index in [1.807, 2.05) is 64.0 Å². The van der Waals surface area contributed by atoms with Gasteiger partial charge in [0.2, 0.25) is 0 Å². The van der Waals surface area contributed by atoms with Crippen LogP contribution < -0.4 is 5.32 Å². The summed E-state index contributed by atoms with van der Waals surface area (Å²) in [4.78, 5) is 21.7. The fourth-order valence-corrected chi connectivity index (χ4v) is 3.93. The summed E-state index contributed by atoms with van der Waals surface area (Å²) in [6.45, 7) is 3.92. The number of amides is 2. The van der Waals surface area contributed by atoms with E-state index in [-0.39, 0.29) is 6.03 Å². The van der Waals surface area contributed by atoms with Gasteiger partial charge in [0.25, 0.3) is 0 Å². The molecule has 2 aromatic heterocycles. The predicted molar refractivity (Wildman–Crippen MR) is 115 cm³/mol. The summed E-state index contributed by atoms with van der Waals surface area (Å²) >= 11 is 0. The summed E-state index contributed by atoms with van der Waals surface area (Å²) in [5, 5.41) is 5.28. The molecule has 1 fully saturated rings. The van der Waals surface area contributed by atoms with E-state index in [4.69, 9.17) is 0 Å². The highest BCUT2D eigenvalue weighted by Crippen LogP contribution is 2.23. The van der Waals surface area contributed by atoms with Crippen LogP contribution in [0, 0.1) is 0 Å². The fraction of sp³-hybridized carbons (Fsp3) is 0.217. The lowest BCUT2D eigenvalue weighted by molar-refractivity contribution is 0.142. The van der Waals surface area contributed by atoms with Crippen molar-refractivity contribution in [3.8, 4) is 0 Å². The Hall–Kier alpha value is -3.38. The fourth-order valence-electron chi connectivity index (χ4n) is 3.93. The molecule has 2 aromatic carbocycles. The van der Waals surface area contributed by atoms with Crippen molar-refractivity contribution in [2.45, 2.75) is 6.54 Å². The van der Waals surface area contributed by atoms with Crippen molar-refractivity contribution >= 4 is 28.1 Å². The number of benzene rings is 2. The minimum Gasteiger partial charge on any atom is -0.322 e. The third kappa shape index (κ3) is 3.67. The first-order chi connectivity index (χ1) is 14.3. The van der Waals surface area contributed by atoms with Crippen molar-refractivity contribution in [2.75, 3.05) is 31.5 Å². The molecule has 0 radical (unpaired) electrons. The topological polar surface area (TPSA) is 52.9 Å². The normalized spacial score (nSPS) is 15.1. The van der Waals surface area contributed by atoms with Gasteiger partial charge in [0.15, 0.2) is 0 Å². The monoisotopic (exact) mass is 385 g/mol. The number of urea groups is 1. The van der Waals surface area contributed by atoms with Crippen LogP contribution in [-0.4, -0.2) is 51.4 Å². The molecule has 0 spiro atoms. The number of carbonyl (C=O) groups excluding carboxylic acids is 1. The van der Waals surface area contributed by atoms with Crippen molar-refractivity contribution in [2.24, 2.45) is 0 Å².